The maximum atomic E-state index is 12.2. The number of hydrogen-bond acceptors (Lipinski definition) is 2. The summed E-state index contributed by atoms with van der Waals surface area (Å²) in [6, 6.07) is 13.4. The lowest BCUT2D eigenvalue weighted by Gasteiger charge is -2.20. The van der Waals surface area contributed by atoms with Crippen molar-refractivity contribution in [1.29, 1.82) is 0 Å². The quantitative estimate of drug-likeness (QED) is 0.870. The summed E-state index contributed by atoms with van der Waals surface area (Å²) in [5, 5.41) is 3.04. The second-order valence-electron chi connectivity index (χ2n) is 5.17. The van der Waals surface area contributed by atoms with Crippen molar-refractivity contribution in [3.05, 3.63) is 58.5 Å². The van der Waals surface area contributed by atoms with Crippen molar-refractivity contribution in [2.45, 2.75) is 26.3 Å². The normalized spacial score (nSPS) is 12.4. The predicted octanol–water partition coefficient (Wildman–Crippen LogP) is 4.56. The Morgan fingerprint density at radius 1 is 1.20 bits per heavy atom. The van der Waals surface area contributed by atoms with Crippen molar-refractivity contribution < 1.29 is 9.21 Å². The van der Waals surface area contributed by atoms with E-state index in [2.05, 4.69) is 35.1 Å². The van der Waals surface area contributed by atoms with Crippen LogP contribution < -0.4 is 5.32 Å². The van der Waals surface area contributed by atoms with Crippen LogP contribution in [0.5, 0.6) is 0 Å². The van der Waals surface area contributed by atoms with Gasteiger partial charge in [-0.25, -0.2) is 0 Å². The average molecular weight is 336 g/mol. The predicted molar refractivity (Wildman–Crippen MR) is 82.5 cm³/mol. The van der Waals surface area contributed by atoms with E-state index in [4.69, 9.17) is 4.42 Å². The van der Waals surface area contributed by atoms with Crippen LogP contribution in [-0.4, -0.2) is 5.91 Å². The highest BCUT2D eigenvalue weighted by atomic mass is 79.9. The maximum Gasteiger partial charge on any atom is 0.287 e. The van der Waals surface area contributed by atoms with Crippen LogP contribution >= 0.6 is 15.9 Å². The zero-order valence-corrected chi connectivity index (χ0v) is 13.2. The molecule has 0 spiro atoms. The van der Waals surface area contributed by atoms with Gasteiger partial charge < -0.3 is 9.73 Å². The van der Waals surface area contributed by atoms with Crippen LogP contribution in [0.2, 0.25) is 0 Å². The zero-order chi connectivity index (χ0) is 14.5. The Bertz CT molecular complexity index is 563. The highest BCUT2D eigenvalue weighted by molar-refractivity contribution is 9.10. The van der Waals surface area contributed by atoms with Gasteiger partial charge in [-0.15, -0.1) is 0 Å². The van der Waals surface area contributed by atoms with Gasteiger partial charge >= 0.3 is 0 Å². The SMILES string of the molecule is CC(C)CC(NC(=O)c1ccc(Br)o1)c1ccccc1. The molecule has 1 amide bonds. The minimum absolute atomic E-state index is 0.00687. The Labute approximate surface area is 127 Å². The number of halogens is 1. The van der Waals surface area contributed by atoms with Gasteiger partial charge in [0.1, 0.15) is 0 Å². The summed E-state index contributed by atoms with van der Waals surface area (Å²) >= 11 is 3.21. The third-order valence-electron chi connectivity index (χ3n) is 3.01. The van der Waals surface area contributed by atoms with Crippen LogP contribution in [0.4, 0.5) is 0 Å². The molecule has 106 valence electrons. The highest BCUT2D eigenvalue weighted by Crippen LogP contribution is 2.22. The minimum Gasteiger partial charge on any atom is -0.444 e. The molecular weight excluding hydrogens is 318 g/mol. The standard InChI is InChI=1S/C16H18BrNO2/c1-11(2)10-13(12-6-4-3-5-7-12)18-16(19)14-8-9-15(17)20-14/h3-9,11,13H,10H2,1-2H3,(H,18,19). The van der Waals surface area contributed by atoms with E-state index < -0.39 is 0 Å². The first-order valence-corrected chi connectivity index (χ1v) is 7.46. The first kappa shape index (κ1) is 14.9. The molecular formula is C16H18BrNO2. The van der Waals surface area contributed by atoms with Gasteiger partial charge in [0.25, 0.3) is 5.91 Å². The third-order valence-corrected chi connectivity index (χ3v) is 3.44. The number of hydrogen-bond donors (Lipinski definition) is 1. The van der Waals surface area contributed by atoms with E-state index in [9.17, 15) is 4.79 Å². The molecule has 0 fully saturated rings. The smallest absolute Gasteiger partial charge is 0.287 e. The van der Waals surface area contributed by atoms with Crippen molar-refractivity contribution >= 4 is 21.8 Å². The van der Waals surface area contributed by atoms with Crippen LogP contribution in [0.15, 0.2) is 51.6 Å². The molecule has 0 bridgehead atoms. The molecule has 1 aromatic carbocycles. The summed E-state index contributed by atoms with van der Waals surface area (Å²) < 4.78 is 5.85. The van der Waals surface area contributed by atoms with Crippen molar-refractivity contribution in [2.24, 2.45) is 5.92 Å². The molecule has 0 saturated heterocycles. The number of rotatable bonds is 5. The lowest BCUT2D eigenvalue weighted by atomic mass is 9.97. The Kier molecular flexibility index (Phi) is 5.01. The molecule has 1 aromatic heterocycles. The summed E-state index contributed by atoms with van der Waals surface area (Å²) in [6.45, 7) is 4.29. The molecule has 0 aliphatic heterocycles. The van der Waals surface area contributed by atoms with E-state index in [1.165, 1.54) is 0 Å². The molecule has 1 atom stereocenters. The Morgan fingerprint density at radius 2 is 1.90 bits per heavy atom. The number of benzene rings is 1. The second kappa shape index (κ2) is 6.75. The van der Waals surface area contributed by atoms with Crippen LogP contribution in [0.3, 0.4) is 0 Å². The van der Waals surface area contributed by atoms with E-state index in [0.29, 0.717) is 16.3 Å². The molecule has 1 heterocycles. The highest BCUT2D eigenvalue weighted by Gasteiger charge is 2.18. The summed E-state index contributed by atoms with van der Waals surface area (Å²) in [5.74, 6) is 0.621. The fraction of sp³-hybridized carbons (Fsp3) is 0.312. The van der Waals surface area contributed by atoms with Crippen molar-refractivity contribution in [1.82, 2.24) is 5.32 Å². The molecule has 0 aliphatic rings. The molecule has 4 heteroatoms. The molecule has 3 nitrogen and oxygen atoms in total. The Morgan fingerprint density at radius 3 is 2.45 bits per heavy atom. The number of nitrogens with one attached hydrogen (secondary N) is 1. The van der Waals surface area contributed by atoms with Gasteiger partial charge in [-0.3, -0.25) is 4.79 Å². The summed E-state index contributed by atoms with van der Waals surface area (Å²) in [6.07, 6.45) is 0.887. The monoisotopic (exact) mass is 335 g/mol. The van der Waals surface area contributed by atoms with Crippen molar-refractivity contribution in [2.75, 3.05) is 0 Å². The molecule has 20 heavy (non-hydrogen) atoms. The lowest BCUT2D eigenvalue weighted by Crippen LogP contribution is -2.29. The van der Waals surface area contributed by atoms with Crippen LogP contribution in [0.1, 0.15) is 42.4 Å². The van der Waals surface area contributed by atoms with E-state index in [0.717, 1.165) is 12.0 Å². The molecule has 1 N–H and O–H groups in total. The van der Waals surface area contributed by atoms with Crippen molar-refractivity contribution in [3.8, 4) is 0 Å². The van der Waals surface area contributed by atoms with E-state index in [-0.39, 0.29) is 11.9 Å². The molecule has 0 radical (unpaired) electrons. The van der Waals surface area contributed by atoms with Gasteiger partial charge in [0, 0.05) is 0 Å². The number of furan rings is 1. The summed E-state index contributed by atoms with van der Waals surface area (Å²) in [5.41, 5.74) is 1.11. The Hall–Kier alpha value is -1.55. The topological polar surface area (TPSA) is 42.2 Å². The third kappa shape index (κ3) is 3.97. The molecule has 0 aliphatic carbocycles. The fourth-order valence-electron chi connectivity index (χ4n) is 2.10. The molecule has 1 unspecified atom stereocenters. The molecule has 0 saturated carbocycles. The second-order valence-corrected chi connectivity index (χ2v) is 5.95. The minimum atomic E-state index is -0.190. The van der Waals surface area contributed by atoms with E-state index in [1.54, 1.807) is 12.1 Å². The van der Waals surface area contributed by atoms with Crippen molar-refractivity contribution in [3.63, 3.8) is 0 Å². The van der Waals surface area contributed by atoms with Gasteiger partial charge in [0.05, 0.1) is 6.04 Å². The molecule has 2 rings (SSSR count). The van der Waals surface area contributed by atoms with Gasteiger partial charge in [-0.2, -0.15) is 0 Å². The largest absolute Gasteiger partial charge is 0.444 e. The van der Waals surface area contributed by atoms with Gasteiger partial charge in [-0.1, -0.05) is 44.2 Å². The van der Waals surface area contributed by atoms with Crippen LogP contribution in [-0.2, 0) is 0 Å². The first-order chi connectivity index (χ1) is 9.56. The number of carbonyl (C=O) groups is 1. The van der Waals surface area contributed by atoms with Crippen LogP contribution in [0.25, 0.3) is 0 Å². The van der Waals surface area contributed by atoms with Gasteiger partial charge in [0.2, 0.25) is 0 Å². The van der Waals surface area contributed by atoms with Gasteiger partial charge in [-0.05, 0) is 46.0 Å². The van der Waals surface area contributed by atoms with Crippen LogP contribution in [0, 0.1) is 5.92 Å². The summed E-state index contributed by atoms with van der Waals surface area (Å²) in [4.78, 5) is 12.2. The Balaban J connectivity index is 2.14. The zero-order valence-electron chi connectivity index (χ0n) is 11.6. The van der Waals surface area contributed by atoms with E-state index in [1.807, 2.05) is 30.3 Å². The lowest BCUT2D eigenvalue weighted by molar-refractivity contribution is 0.0902. The van der Waals surface area contributed by atoms with Gasteiger partial charge in [0.15, 0.2) is 10.4 Å². The molecule has 2 aromatic rings. The number of carbonyl (C=O) groups excluding carboxylic acids is 1. The van der Waals surface area contributed by atoms with E-state index >= 15 is 0 Å². The average Bonchev–Trinajstić information content (AvgIpc) is 2.85. The maximum absolute atomic E-state index is 12.2. The first-order valence-electron chi connectivity index (χ1n) is 6.67. The fourth-order valence-corrected chi connectivity index (χ4v) is 2.41. The number of amides is 1. The summed E-state index contributed by atoms with van der Waals surface area (Å²) in [7, 11) is 0.